The van der Waals surface area contributed by atoms with Crippen LogP contribution < -0.4 is 9.80 Å². The number of ether oxygens (including phenoxy) is 1. The molecule has 8 nitrogen and oxygen atoms in total. The summed E-state index contributed by atoms with van der Waals surface area (Å²) in [5.41, 5.74) is 1.05. The number of aryl methyl sites for hydroxylation is 1. The molecule has 35 heavy (non-hydrogen) atoms. The van der Waals surface area contributed by atoms with Crippen molar-refractivity contribution in [2.75, 3.05) is 16.8 Å². The van der Waals surface area contributed by atoms with E-state index in [1.165, 1.54) is 11.0 Å². The van der Waals surface area contributed by atoms with Gasteiger partial charge in [-0.2, -0.15) is 4.98 Å². The summed E-state index contributed by atoms with van der Waals surface area (Å²) < 4.78 is 20.3. The minimum Gasteiger partial charge on any atom is -0.444 e. The fraction of sp³-hybridized carbons (Fsp3) is 0.520. The third kappa shape index (κ3) is 5.19. The number of para-hydroxylation sites is 1. The van der Waals surface area contributed by atoms with Gasteiger partial charge in [-0.3, -0.25) is 9.80 Å². The Balaban J connectivity index is 1.59. The molecule has 0 radical (unpaired) electrons. The lowest BCUT2D eigenvalue weighted by Gasteiger charge is -2.43. The van der Waals surface area contributed by atoms with Crippen molar-refractivity contribution in [1.29, 1.82) is 0 Å². The van der Waals surface area contributed by atoms with E-state index in [0.29, 0.717) is 42.6 Å². The zero-order valence-corrected chi connectivity index (χ0v) is 21.5. The van der Waals surface area contributed by atoms with Crippen molar-refractivity contribution in [3.63, 3.8) is 0 Å². The third-order valence-corrected chi connectivity index (χ3v) is 6.71. The van der Waals surface area contributed by atoms with Crippen LogP contribution in [0.15, 0.2) is 24.4 Å². The number of anilines is 2. The maximum Gasteiger partial charge on any atom is 0.410 e. The summed E-state index contributed by atoms with van der Waals surface area (Å²) in [6.07, 6.45) is 3.91. The van der Waals surface area contributed by atoms with Gasteiger partial charge in [-0.25, -0.2) is 19.0 Å². The zero-order valence-electron chi connectivity index (χ0n) is 20.7. The number of carbonyl (C=O) groups excluding carboxylic acids is 2. The van der Waals surface area contributed by atoms with Gasteiger partial charge in [-0.05, 0) is 76.6 Å². The topological polar surface area (TPSA) is 78.9 Å². The molecule has 4 rings (SSSR count). The Morgan fingerprint density at radius 2 is 1.91 bits per heavy atom. The minimum atomic E-state index is -0.570. The van der Waals surface area contributed by atoms with Crippen molar-refractivity contribution in [1.82, 2.24) is 14.9 Å². The van der Waals surface area contributed by atoms with Crippen LogP contribution in [-0.4, -0.2) is 51.7 Å². The van der Waals surface area contributed by atoms with E-state index in [0.717, 1.165) is 0 Å². The highest BCUT2D eigenvalue weighted by molar-refractivity contribution is 6.28. The van der Waals surface area contributed by atoms with Gasteiger partial charge in [0.25, 0.3) is 0 Å². The van der Waals surface area contributed by atoms with Gasteiger partial charge in [-0.15, -0.1) is 0 Å². The van der Waals surface area contributed by atoms with Crippen LogP contribution in [-0.2, 0) is 11.3 Å². The Morgan fingerprint density at radius 1 is 1.23 bits per heavy atom. The molecule has 1 aliphatic heterocycles. The molecule has 0 N–H and O–H groups in total. The van der Waals surface area contributed by atoms with E-state index in [-0.39, 0.29) is 41.7 Å². The number of fused-ring (bicyclic) bond motifs is 1. The predicted molar refractivity (Wildman–Crippen MR) is 132 cm³/mol. The second-order valence-corrected chi connectivity index (χ2v) is 10.5. The SMILES string of the molecule is Cc1cccc(F)c1N1Cc2cnc(Cl)nc2N([C@H]2CC[C@@H](N(C)C(=O)OC(C)(C)C)CC2)C1=O. The smallest absolute Gasteiger partial charge is 0.410 e. The molecule has 2 aromatic rings. The molecule has 0 atom stereocenters. The van der Waals surface area contributed by atoms with E-state index in [4.69, 9.17) is 16.3 Å². The van der Waals surface area contributed by atoms with E-state index in [1.54, 1.807) is 42.1 Å². The van der Waals surface area contributed by atoms with Crippen molar-refractivity contribution in [3.8, 4) is 0 Å². The van der Waals surface area contributed by atoms with Crippen LogP contribution >= 0.6 is 11.6 Å². The number of benzene rings is 1. The first-order valence-corrected chi connectivity index (χ1v) is 12.2. The molecule has 1 fully saturated rings. The summed E-state index contributed by atoms with van der Waals surface area (Å²) in [5.74, 6) is 0.00325. The Bertz CT molecular complexity index is 1110. The number of rotatable bonds is 3. The van der Waals surface area contributed by atoms with Crippen LogP contribution in [0.25, 0.3) is 0 Å². The standard InChI is InChI=1S/C25H31ClFN5O3/c1-15-7-6-8-19(27)20(15)31-14-16-13-28-22(26)29-21(16)32(23(31)33)18-11-9-17(10-12-18)30(5)24(34)35-25(2,3)4/h6-8,13,17-18H,9-12,14H2,1-5H3/t17-,18+. The Labute approximate surface area is 210 Å². The maximum absolute atomic E-state index is 14.8. The van der Waals surface area contributed by atoms with Crippen molar-refractivity contribution in [2.24, 2.45) is 0 Å². The lowest BCUT2D eigenvalue weighted by molar-refractivity contribution is 0.0183. The average Bonchev–Trinajstić information content (AvgIpc) is 2.78. The number of amides is 3. The fourth-order valence-corrected chi connectivity index (χ4v) is 4.94. The monoisotopic (exact) mass is 503 g/mol. The van der Waals surface area contributed by atoms with E-state index < -0.39 is 11.4 Å². The van der Waals surface area contributed by atoms with Crippen molar-refractivity contribution in [3.05, 3.63) is 46.6 Å². The molecular weight excluding hydrogens is 473 g/mol. The molecule has 2 aliphatic rings. The summed E-state index contributed by atoms with van der Waals surface area (Å²) in [7, 11) is 1.75. The highest BCUT2D eigenvalue weighted by Gasteiger charge is 2.41. The quantitative estimate of drug-likeness (QED) is 0.502. The van der Waals surface area contributed by atoms with Gasteiger partial charge < -0.3 is 9.64 Å². The van der Waals surface area contributed by atoms with Crippen LogP contribution in [0.5, 0.6) is 0 Å². The molecule has 3 amide bonds. The molecule has 10 heteroatoms. The van der Waals surface area contributed by atoms with Crippen molar-refractivity contribution >= 4 is 35.2 Å². The number of hydrogen-bond acceptors (Lipinski definition) is 5. The Hall–Kier alpha value is -2.94. The van der Waals surface area contributed by atoms with Gasteiger partial charge in [0.15, 0.2) is 0 Å². The van der Waals surface area contributed by atoms with Crippen LogP contribution in [0.3, 0.4) is 0 Å². The number of aromatic nitrogens is 2. The van der Waals surface area contributed by atoms with Crippen molar-refractivity contribution in [2.45, 2.75) is 77.6 Å². The van der Waals surface area contributed by atoms with Gasteiger partial charge in [0, 0.05) is 30.9 Å². The van der Waals surface area contributed by atoms with E-state index >= 15 is 0 Å². The summed E-state index contributed by atoms with van der Waals surface area (Å²) in [6, 6.07) is 4.24. The number of hydrogen-bond donors (Lipinski definition) is 0. The highest BCUT2D eigenvalue weighted by Crippen LogP contribution is 2.38. The summed E-state index contributed by atoms with van der Waals surface area (Å²) in [6.45, 7) is 7.45. The van der Waals surface area contributed by atoms with Crippen LogP contribution in [0, 0.1) is 12.7 Å². The molecule has 0 saturated heterocycles. The van der Waals surface area contributed by atoms with Gasteiger partial charge >= 0.3 is 12.1 Å². The first kappa shape index (κ1) is 25.2. The van der Waals surface area contributed by atoms with Crippen LogP contribution in [0.1, 0.15) is 57.6 Å². The molecule has 2 heterocycles. The van der Waals surface area contributed by atoms with Crippen LogP contribution in [0.4, 0.5) is 25.5 Å². The predicted octanol–water partition coefficient (Wildman–Crippen LogP) is 5.70. The normalized spacial score (nSPS) is 20.5. The lowest BCUT2D eigenvalue weighted by Crippen LogP contribution is -2.54. The van der Waals surface area contributed by atoms with Gasteiger partial charge in [0.1, 0.15) is 17.2 Å². The zero-order chi connectivity index (χ0) is 25.5. The molecule has 1 aromatic carbocycles. The molecule has 0 unspecified atom stereocenters. The lowest BCUT2D eigenvalue weighted by atomic mass is 9.89. The molecule has 1 aromatic heterocycles. The number of urea groups is 1. The number of halogens is 2. The molecule has 0 spiro atoms. The third-order valence-electron chi connectivity index (χ3n) is 6.52. The maximum atomic E-state index is 14.8. The second kappa shape index (κ2) is 9.60. The van der Waals surface area contributed by atoms with Gasteiger partial charge in [0.2, 0.25) is 5.28 Å². The number of carbonyl (C=O) groups is 2. The summed E-state index contributed by atoms with van der Waals surface area (Å²) in [5, 5.41) is 0.0513. The fourth-order valence-electron chi connectivity index (χ4n) is 4.81. The average molecular weight is 504 g/mol. The highest BCUT2D eigenvalue weighted by atomic mass is 35.5. The van der Waals surface area contributed by atoms with E-state index in [1.807, 2.05) is 20.8 Å². The Kier molecular flexibility index (Phi) is 6.90. The first-order chi connectivity index (χ1) is 16.5. The van der Waals surface area contributed by atoms with E-state index in [2.05, 4.69) is 9.97 Å². The molecular formula is C25H31ClFN5O3. The molecule has 1 aliphatic carbocycles. The van der Waals surface area contributed by atoms with Gasteiger partial charge in [0.05, 0.1) is 12.2 Å². The summed E-state index contributed by atoms with van der Waals surface area (Å²) >= 11 is 6.09. The van der Waals surface area contributed by atoms with E-state index in [9.17, 15) is 14.0 Å². The van der Waals surface area contributed by atoms with Crippen molar-refractivity contribution < 1.29 is 18.7 Å². The Morgan fingerprint density at radius 3 is 2.54 bits per heavy atom. The summed E-state index contributed by atoms with van der Waals surface area (Å²) in [4.78, 5) is 39.5. The molecule has 1 saturated carbocycles. The number of nitrogens with zero attached hydrogens (tertiary/aromatic N) is 5. The largest absolute Gasteiger partial charge is 0.444 e. The van der Waals surface area contributed by atoms with Gasteiger partial charge in [-0.1, -0.05) is 12.1 Å². The molecule has 0 bridgehead atoms. The minimum absolute atomic E-state index is 0.000588. The molecule has 188 valence electrons. The van der Waals surface area contributed by atoms with Crippen LogP contribution in [0.2, 0.25) is 5.28 Å². The first-order valence-electron chi connectivity index (χ1n) is 11.8. The second-order valence-electron chi connectivity index (χ2n) is 10.2.